The smallest absolute Gasteiger partial charge is 0.243 e. The van der Waals surface area contributed by atoms with Crippen LogP contribution in [-0.4, -0.2) is 16.6 Å². The highest BCUT2D eigenvalue weighted by molar-refractivity contribution is 6.02. The van der Waals surface area contributed by atoms with Crippen LogP contribution in [0.25, 0.3) is 10.8 Å². The molecule has 0 saturated heterocycles. The third-order valence-electron chi connectivity index (χ3n) is 4.14. The van der Waals surface area contributed by atoms with Crippen LogP contribution in [0.2, 0.25) is 0 Å². The summed E-state index contributed by atoms with van der Waals surface area (Å²) in [5, 5.41) is 2.23. The van der Waals surface area contributed by atoms with Crippen molar-refractivity contribution in [2.75, 3.05) is 0 Å². The predicted molar refractivity (Wildman–Crippen MR) is 88.7 cm³/mol. The molecule has 3 aromatic rings. The third-order valence-corrected chi connectivity index (χ3v) is 4.14. The van der Waals surface area contributed by atoms with E-state index in [1.54, 1.807) is 0 Å². The average Bonchev–Trinajstić information content (AvgIpc) is 2.82. The van der Waals surface area contributed by atoms with Gasteiger partial charge >= 0.3 is 0 Å². The van der Waals surface area contributed by atoms with Crippen LogP contribution < -0.4 is 4.57 Å². The first kappa shape index (κ1) is 15.2. The number of nitrogens with zero attached hydrogens (tertiary/aromatic N) is 1. The van der Waals surface area contributed by atoms with Gasteiger partial charge < -0.3 is 4.98 Å². The molecule has 2 heterocycles. The first-order chi connectivity index (χ1) is 11.0. The molecular formula is C19H19N2O2+. The fourth-order valence-electron chi connectivity index (χ4n) is 3.08. The summed E-state index contributed by atoms with van der Waals surface area (Å²) in [6.07, 6.45) is 3.86. The molecule has 0 amide bonds. The van der Waals surface area contributed by atoms with Crippen molar-refractivity contribution in [3.05, 3.63) is 65.2 Å². The summed E-state index contributed by atoms with van der Waals surface area (Å²) in [5.41, 5.74) is 2.63. The van der Waals surface area contributed by atoms with Gasteiger partial charge in [0.25, 0.3) is 0 Å². The van der Waals surface area contributed by atoms with E-state index in [-0.39, 0.29) is 18.1 Å². The Morgan fingerprint density at radius 1 is 1.09 bits per heavy atom. The zero-order valence-corrected chi connectivity index (χ0v) is 13.5. The number of aromatic nitrogens is 2. The van der Waals surface area contributed by atoms with Crippen LogP contribution >= 0.6 is 0 Å². The molecule has 0 fully saturated rings. The number of benzene rings is 1. The van der Waals surface area contributed by atoms with Gasteiger partial charge in [0, 0.05) is 22.7 Å². The van der Waals surface area contributed by atoms with Gasteiger partial charge in [-0.2, -0.15) is 4.57 Å². The standard InChI is InChI=1S/C19H18N2O2/c1-12-18(14(3)22)13(2)20-19(12)17(23)11-21-9-8-15-6-4-5-7-16(15)10-21/h4-10H,11H2,1-3H3/p+1. The van der Waals surface area contributed by atoms with E-state index in [9.17, 15) is 9.59 Å². The Morgan fingerprint density at radius 3 is 2.43 bits per heavy atom. The van der Waals surface area contributed by atoms with Gasteiger partial charge in [0.15, 0.2) is 18.2 Å². The molecule has 0 aliphatic carbocycles. The maximum Gasteiger partial charge on any atom is 0.243 e. The predicted octanol–water partition coefficient (Wildman–Crippen LogP) is 3.16. The zero-order chi connectivity index (χ0) is 16.6. The highest BCUT2D eigenvalue weighted by atomic mass is 16.1. The van der Waals surface area contributed by atoms with E-state index in [0.29, 0.717) is 11.3 Å². The Hall–Kier alpha value is -2.75. The molecule has 0 atom stereocenters. The lowest BCUT2D eigenvalue weighted by atomic mass is 10.1. The number of Topliss-reactive ketones (excluding diaryl/α,β-unsaturated/α-hetero) is 2. The Bertz CT molecular complexity index is 922. The fraction of sp³-hybridized carbons (Fsp3) is 0.211. The molecule has 3 rings (SSSR count). The lowest BCUT2D eigenvalue weighted by molar-refractivity contribution is -0.681. The molecule has 0 saturated carbocycles. The number of H-pyrrole nitrogens is 1. The van der Waals surface area contributed by atoms with Crippen LogP contribution in [-0.2, 0) is 6.54 Å². The largest absolute Gasteiger partial charge is 0.355 e. The third kappa shape index (κ3) is 2.80. The number of carbonyl (C=O) groups excluding carboxylic acids is 2. The van der Waals surface area contributed by atoms with Gasteiger partial charge in [-0.25, -0.2) is 0 Å². The minimum absolute atomic E-state index is 0.0198. The number of pyridine rings is 1. The van der Waals surface area contributed by atoms with E-state index in [4.69, 9.17) is 0 Å². The van der Waals surface area contributed by atoms with Gasteiger partial charge in [-0.05, 0) is 37.8 Å². The summed E-state index contributed by atoms with van der Waals surface area (Å²) in [6.45, 7) is 5.40. The second-order valence-electron chi connectivity index (χ2n) is 5.85. The van der Waals surface area contributed by atoms with Crippen LogP contribution in [0.4, 0.5) is 0 Å². The van der Waals surface area contributed by atoms with E-state index >= 15 is 0 Å². The highest BCUT2D eigenvalue weighted by Gasteiger charge is 2.22. The number of aryl methyl sites for hydroxylation is 1. The molecule has 0 bridgehead atoms. The quantitative estimate of drug-likeness (QED) is 0.594. The minimum Gasteiger partial charge on any atom is -0.355 e. The molecule has 4 nitrogen and oxygen atoms in total. The van der Waals surface area contributed by atoms with Crippen LogP contribution in [0.1, 0.15) is 39.0 Å². The number of fused-ring (bicyclic) bond motifs is 1. The Balaban J connectivity index is 1.92. The molecule has 0 unspecified atom stereocenters. The van der Waals surface area contributed by atoms with E-state index < -0.39 is 0 Å². The molecule has 116 valence electrons. The highest BCUT2D eigenvalue weighted by Crippen LogP contribution is 2.19. The molecule has 4 heteroatoms. The number of hydrogen-bond donors (Lipinski definition) is 1. The van der Waals surface area contributed by atoms with Crippen LogP contribution in [0, 0.1) is 13.8 Å². The number of ketones is 2. The van der Waals surface area contributed by atoms with Gasteiger partial charge in [0.2, 0.25) is 12.3 Å². The van der Waals surface area contributed by atoms with Crippen molar-refractivity contribution >= 4 is 22.3 Å². The van der Waals surface area contributed by atoms with Crippen LogP contribution in [0.15, 0.2) is 42.7 Å². The SMILES string of the molecule is CC(=O)c1c(C)[nH]c(C(=O)C[n+]2ccc3ccccc3c2)c1C. The molecule has 2 aromatic heterocycles. The topological polar surface area (TPSA) is 53.8 Å². The summed E-state index contributed by atoms with van der Waals surface area (Å²) in [4.78, 5) is 27.4. The second kappa shape index (κ2) is 5.80. The second-order valence-corrected chi connectivity index (χ2v) is 5.85. The Kier molecular flexibility index (Phi) is 3.82. The fourth-order valence-corrected chi connectivity index (χ4v) is 3.08. The molecule has 1 aromatic carbocycles. The summed E-state index contributed by atoms with van der Waals surface area (Å²) < 4.78 is 1.87. The number of carbonyl (C=O) groups is 2. The molecule has 1 N–H and O–H groups in total. The van der Waals surface area contributed by atoms with Gasteiger partial charge in [0.1, 0.15) is 0 Å². The van der Waals surface area contributed by atoms with Crippen molar-refractivity contribution in [3.8, 4) is 0 Å². The van der Waals surface area contributed by atoms with E-state index in [2.05, 4.69) is 4.98 Å². The molecule has 0 aliphatic rings. The van der Waals surface area contributed by atoms with Gasteiger partial charge in [-0.3, -0.25) is 9.59 Å². The van der Waals surface area contributed by atoms with Crippen molar-refractivity contribution in [2.45, 2.75) is 27.3 Å². The van der Waals surface area contributed by atoms with Gasteiger partial charge in [-0.1, -0.05) is 18.2 Å². The molecule has 0 radical (unpaired) electrons. The molecule has 0 spiro atoms. The Morgan fingerprint density at radius 2 is 1.78 bits per heavy atom. The van der Waals surface area contributed by atoms with E-state index in [1.807, 2.05) is 61.1 Å². The minimum atomic E-state index is -0.0293. The van der Waals surface area contributed by atoms with Gasteiger partial charge in [0.05, 0.1) is 5.69 Å². The number of hydrogen-bond acceptors (Lipinski definition) is 2. The summed E-state index contributed by atoms with van der Waals surface area (Å²) in [6, 6.07) is 10.0. The first-order valence-electron chi connectivity index (χ1n) is 7.58. The number of rotatable bonds is 4. The van der Waals surface area contributed by atoms with Crippen LogP contribution in [0.5, 0.6) is 0 Å². The Labute approximate surface area is 134 Å². The number of aromatic amines is 1. The average molecular weight is 307 g/mol. The zero-order valence-electron chi connectivity index (χ0n) is 13.5. The summed E-state index contributed by atoms with van der Waals surface area (Å²) in [5.74, 6) is -0.0490. The first-order valence-corrected chi connectivity index (χ1v) is 7.58. The van der Waals surface area contributed by atoms with E-state index in [0.717, 1.165) is 22.0 Å². The lowest BCUT2D eigenvalue weighted by Gasteiger charge is -2.00. The van der Waals surface area contributed by atoms with Crippen molar-refractivity contribution < 1.29 is 14.2 Å². The number of nitrogens with one attached hydrogen (secondary N) is 1. The van der Waals surface area contributed by atoms with Crippen molar-refractivity contribution in [2.24, 2.45) is 0 Å². The van der Waals surface area contributed by atoms with Crippen molar-refractivity contribution in [3.63, 3.8) is 0 Å². The van der Waals surface area contributed by atoms with Crippen molar-refractivity contribution in [1.82, 2.24) is 4.98 Å². The van der Waals surface area contributed by atoms with Crippen LogP contribution in [0.3, 0.4) is 0 Å². The lowest BCUT2D eigenvalue weighted by Crippen LogP contribution is -2.37. The summed E-state index contributed by atoms with van der Waals surface area (Å²) >= 11 is 0. The van der Waals surface area contributed by atoms with Gasteiger partial charge in [-0.15, -0.1) is 0 Å². The van der Waals surface area contributed by atoms with Crippen molar-refractivity contribution in [1.29, 1.82) is 0 Å². The monoisotopic (exact) mass is 307 g/mol. The molecule has 23 heavy (non-hydrogen) atoms. The maximum atomic E-state index is 12.6. The normalized spacial score (nSPS) is 10.9. The molecule has 0 aliphatic heterocycles. The summed E-state index contributed by atoms with van der Waals surface area (Å²) in [7, 11) is 0. The molecular weight excluding hydrogens is 288 g/mol. The maximum absolute atomic E-state index is 12.6. The van der Waals surface area contributed by atoms with E-state index in [1.165, 1.54) is 6.92 Å².